The summed E-state index contributed by atoms with van der Waals surface area (Å²) in [5.41, 5.74) is 2.75. The number of aliphatic hydroxyl groups excluding tert-OH is 1. The number of fused-ring (bicyclic) bond motifs is 1. The highest BCUT2D eigenvalue weighted by atomic mass is 16.4. The number of aliphatic hydroxyl groups is 1. The molecule has 0 aliphatic heterocycles. The summed E-state index contributed by atoms with van der Waals surface area (Å²) in [6.45, 7) is 1.21. The Hall–Kier alpha value is -2.33. The number of oxazole rings is 1. The standard InChI is InChI=1S/C16H16N2O2/c19-11-10-18(12-13-6-2-1-3-7-13)16-17-14-8-4-5-9-15(14)20-16/h1-9,19H,10-12H2. The van der Waals surface area contributed by atoms with Gasteiger partial charge in [0.2, 0.25) is 0 Å². The molecular weight excluding hydrogens is 252 g/mol. The monoisotopic (exact) mass is 268 g/mol. The van der Waals surface area contributed by atoms with Crippen LogP contribution in [0.15, 0.2) is 59.0 Å². The Labute approximate surface area is 117 Å². The second kappa shape index (κ2) is 5.75. The Bertz CT molecular complexity index is 646. The lowest BCUT2D eigenvalue weighted by Gasteiger charge is -2.19. The largest absolute Gasteiger partial charge is 0.423 e. The molecule has 102 valence electrons. The summed E-state index contributed by atoms with van der Waals surface area (Å²) in [6, 6.07) is 18.3. The molecule has 0 saturated carbocycles. The van der Waals surface area contributed by atoms with Crippen LogP contribution in [-0.4, -0.2) is 23.2 Å². The van der Waals surface area contributed by atoms with Gasteiger partial charge in [0.05, 0.1) is 6.61 Å². The van der Waals surface area contributed by atoms with E-state index in [1.165, 1.54) is 0 Å². The van der Waals surface area contributed by atoms with Crippen molar-refractivity contribution in [3.63, 3.8) is 0 Å². The van der Waals surface area contributed by atoms with Crippen LogP contribution in [0.2, 0.25) is 0 Å². The number of rotatable bonds is 5. The predicted octanol–water partition coefficient (Wildman–Crippen LogP) is 2.83. The number of anilines is 1. The zero-order valence-corrected chi connectivity index (χ0v) is 11.1. The number of aromatic nitrogens is 1. The van der Waals surface area contributed by atoms with Gasteiger partial charge in [0.25, 0.3) is 6.01 Å². The topological polar surface area (TPSA) is 49.5 Å². The maximum atomic E-state index is 9.24. The number of benzene rings is 2. The van der Waals surface area contributed by atoms with Gasteiger partial charge >= 0.3 is 0 Å². The molecule has 0 atom stereocenters. The minimum absolute atomic E-state index is 0.0611. The third-order valence-corrected chi connectivity index (χ3v) is 3.14. The summed E-state index contributed by atoms with van der Waals surface area (Å²) < 4.78 is 5.76. The minimum Gasteiger partial charge on any atom is -0.423 e. The molecule has 0 saturated heterocycles. The fourth-order valence-corrected chi connectivity index (χ4v) is 2.16. The summed E-state index contributed by atoms with van der Waals surface area (Å²) in [5.74, 6) is 0. The lowest BCUT2D eigenvalue weighted by molar-refractivity contribution is 0.298. The lowest BCUT2D eigenvalue weighted by Crippen LogP contribution is -2.26. The van der Waals surface area contributed by atoms with E-state index < -0.39 is 0 Å². The van der Waals surface area contributed by atoms with Gasteiger partial charge < -0.3 is 14.4 Å². The van der Waals surface area contributed by atoms with E-state index in [4.69, 9.17) is 4.42 Å². The van der Waals surface area contributed by atoms with E-state index >= 15 is 0 Å². The fourth-order valence-electron chi connectivity index (χ4n) is 2.16. The van der Waals surface area contributed by atoms with Gasteiger partial charge in [0, 0.05) is 13.1 Å². The van der Waals surface area contributed by atoms with Crippen molar-refractivity contribution in [2.24, 2.45) is 0 Å². The molecule has 0 radical (unpaired) electrons. The molecular formula is C16H16N2O2. The van der Waals surface area contributed by atoms with Crippen molar-refractivity contribution >= 4 is 17.1 Å². The number of hydrogen-bond donors (Lipinski definition) is 1. The van der Waals surface area contributed by atoms with Crippen molar-refractivity contribution < 1.29 is 9.52 Å². The van der Waals surface area contributed by atoms with Crippen LogP contribution in [0.3, 0.4) is 0 Å². The first-order chi connectivity index (χ1) is 9.86. The van der Waals surface area contributed by atoms with Gasteiger partial charge in [-0.05, 0) is 17.7 Å². The van der Waals surface area contributed by atoms with Crippen LogP contribution in [0.25, 0.3) is 11.1 Å². The van der Waals surface area contributed by atoms with E-state index in [-0.39, 0.29) is 6.61 Å². The summed E-state index contributed by atoms with van der Waals surface area (Å²) in [4.78, 5) is 6.42. The Morgan fingerprint density at radius 1 is 1.00 bits per heavy atom. The highest BCUT2D eigenvalue weighted by Crippen LogP contribution is 2.22. The smallest absolute Gasteiger partial charge is 0.298 e. The van der Waals surface area contributed by atoms with Gasteiger partial charge in [-0.2, -0.15) is 4.98 Å². The van der Waals surface area contributed by atoms with Crippen molar-refractivity contribution in [2.75, 3.05) is 18.1 Å². The van der Waals surface area contributed by atoms with Crippen molar-refractivity contribution in [1.82, 2.24) is 4.98 Å². The van der Waals surface area contributed by atoms with Crippen LogP contribution in [-0.2, 0) is 6.54 Å². The van der Waals surface area contributed by atoms with E-state index in [0.29, 0.717) is 19.1 Å². The summed E-state index contributed by atoms with van der Waals surface area (Å²) >= 11 is 0. The molecule has 1 N–H and O–H groups in total. The molecule has 0 bridgehead atoms. The quantitative estimate of drug-likeness (QED) is 0.773. The maximum Gasteiger partial charge on any atom is 0.298 e. The highest BCUT2D eigenvalue weighted by Gasteiger charge is 2.13. The molecule has 0 aliphatic rings. The molecule has 3 rings (SSSR count). The van der Waals surface area contributed by atoms with E-state index in [9.17, 15) is 5.11 Å². The second-order valence-corrected chi connectivity index (χ2v) is 4.59. The second-order valence-electron chi connectivity index (χ2n) is 4.59. The first-order valence-electron chi connectivity index (χ1n) is 6.62. The SMILES string of the molecule is OCCN(Cc1ccccc1)c1nc2ccccc2o1. The molecule has 1 heterocycles. The van der Waals surface area contributed by atoms with Gasteiger partial charge in [-0.25, -0.2) is 0 Å². The minimum atomic E-state index is 0.0611. The van der Waals surface area contributed by atoms with Crippen molar-refractivity contribution in [1.29, 1.82) is 0 Å². The molecule has 4 nitrogen and oxygen atoms in total. The normalized spacial score (nSPS) is 10.8. The molecule has 20 heavy (non-hydrogen) atoms. The van der Waals surface area contributed by atoms with Gasteiger partial charge in [0.1, 0.15) is 5.52 Å². The summed E-state index contributed by atoms with van der Waals surface area (Å²) in [7, 11) is 0. The van der Waals surface area contributed by atoms with Crippen molar-refractivity contribution in [3.05, 3.63) is 60.2 Å². The van der Waals surface area contributed by atoms with Crippen molar-refractivity contribution in [2.45, 2.75) is 6.54 Å². The van der Waals surface area contributed by atoms with Crippen LogP contribution < -0.4 is 4.90 Å². The fraction of sp³-hybridized carbons (Fsp3) is 0.188. The zero-order chi connectivity index (χ0) is 13.8. The molecule has 1 aromatic heterocycles. The van der Waals surface area contributed by atoms with Crippen LogP contribution in [0.5, 0.6) is 0 Å². The average Bonchev–Trinajstić information content (AvgIpc) is 2.92. The summed E-state index contributed by atoms with van der Waals surface area (Å²) in [6.07, 6.45) is 0. The lowest BCUT2D eigenvalue weighted by atomic mass is 10.2. The van der Waals surface area contributed by atoms with Gasteiger partial charge in [-0.1, -0.05) is 42.5 Å². The van der Waals surface area contributed by atoms with Crippen molar-refractivity contribution in [3.8, 4) is 0 Å². The highest BCUT2D eigenvalue weighted by molar-refractivity contribution is 5.74. The summed E-state index contributed by atoms with van der Waals surface area (Å²) in [5, 5.41) is 9.24. The third kappa shape index (κ3) is 2.65. The molecule has 2 aromatic carbocycles. The Balaban J connectivity index is 1.89. The van der Waals surface area contributed by atoms with Crippen LogP contribution >= 0.6 is 0 Å². The van der Waals surface area contributed by atoms with Gasteiger partial charge in [-0.3, -0.25) is 0 Å². The van der Waals surface area contributed by atoms with E-state index in [0.717, 1.165) is 16.7 Å². The Morgan fingerprint density at radius 3 is 2.50 bits per heavy atom. The maximum absolute atomic E-state index is 9.24. The molecule has 4 heteroatoms. The first-order valence-corrected chi connectivity index (χ1v) is 6.62. The average molecular weight is 268 g/mol. The molecule has 0 spiro atoms. The molecule has 0 amide bonds. The molecule has 3 aromatic rings. The third-order valence-electron chi connectivity index (χ3n) is 3.14. The van der Waals surface area contributed by atoms with Crippen LogP contribution in [0.1, 0.15) is 5.56 Å². The van der Waals surface area contributed by atoms with E-state index in [1.807, 2.05) is 59.5 Å². The molecule has 0 fully saturated rings. The molecule has 0 aliphatic carbocycles. The van der Waals surface area contributed by atoms with Crippen LogP contribution in [0.4, 0.5) is 6.01 Å². The predicted molar refractivity (Wildman–Crippen MR) is 78.6 cm³/mol. The molecule has 0 unspecified atom stereocenters. The first kappa shape index (κ1) is 12.7. The number of para-hydroxylation sites is 2. The van der Waals surface area contributed by atoms with E-state index in [1.54, 1.807) is 0 Å². The van der Waals surface area contributed by atoms with Crippen LogP contribution in [0, 0.1) is 0 Å². The Morgan fingerprint density at radius 2 is 1.75 bits per heavy atom. The van der Waals surface area contributed by atoms with Gasteiger partial charge in [-0.15, -0.1) is 0 Å². The Kier molecular flexibility index (Phi) is 3.65. The number of nitrogens with zero attached hydrogens (tertiary/aromatic N) is 2. The van der Waals surface area contributed by atoms with E-state index in [2.05, 4.69) is 4.98 Å². The van der Waals surface area contributed by atoms with Gasteiger partial charge in [0.15, 0.2) is 5.58 Å². The zero-order valence-electron chi connectivity index (χ0n) is 11.1. The number of hydrogen-bond acceptors (Lipinski definition) is 4.